The summed E-state index contributed by atoms with van der Waals surface area (Å²) in [6.07, 6.45) is -3.39. The zero-order valence-electron chi connectivity index (χ0n) is 20.6. The number of pyridine rings is 1. The number of aliphatic imine (C=N–C) groups is 1. The van der Waals surface area contributed by atoms with Gasteiger partial charge in [0.15, 0.2) is 0 Å². The Labute approximate surface area is 221 Å². The number of halogens is 3. The van der Waals surface area contributed by atoms with E-state index in [0.717, 1.165) is 29.3 Å². The van der Waals surface area contributed by atoms with Crippen molar-refractivity contribution in [2.45, 2.75) is 6.18 Å². The van der Waals surface area contributed by atoms with Gasteiger partial charge in [-0.1, -0.05) is 30.3 Å². The number of para-hydroxylation sites is 1. The molecule has 0 atom stereocenters. The van der Waals surface area contributed by atoms with Gasteiger partial charge < -0.3 is 15.2 Å². The molecular weight excluding hydrogens is 507 g/mol. The molecule has 0 aliphatic carbocycles. The number of nitrogens with zero attached hydrogens (tertiary/aromatic N) is 2. The van der Waals surface area contributed by atoms with Gasteiger partial charge in [-0.3, -0.25) is 9.79 Å². The summed E-state index contributed by atoms with van der Waals surface area (Å²) in [5, 5.41) is 14.9. The number of methoxy groups -OCH3 is 1. The number of aromatic nitrogens is 1. The molecule has 5 aromatic rings. The fourth-order valence-corrected chi connectivity index (χ4v) is 4.23. The Hall–Kier alpha value is -5.05. The quantitative estimate of drug-likeness (QED) is 0.228. The van der Waals surface area contributed by atoms with Crippen molar-refractivity contribution in [3.05, 3.63) is 119 Å². The standard InChI is InChI=1S/C30H22F3N3O3/c1-39-22-16-14-21(15-17-22)35-20-12-10-19(11-13-20)34-18-25-23-6-2-3-7-24(23)28(37)36(29(25)38)27-9-5-4-8-26(27)30(31,32)33/h2-18,35,38H,1H3. The lowest BCUT2D eigenvalue weighted by Gasteiger charge is -2.18. The van der Waals surface area contributed by atoms with Crippen molar-refractivity contribution in [2.75, 3.05) is 12.4 Å². The molecule has 0 saturated heterocycles. The van der Waals surface area contributed by atoms with Crippen LogP contribution in [0.1, 0.15) is 11.1 Å². The first kappa shape index (κ1) is 25.6. The molecule has 196 valence electrons. The van der Waals surface area contributed by atoms with Crippen molar-refractivity contribution in [3.63, 3.8) is 0 Å². The van der Waals surface area contributed by atoms with E-state index < -0.39 is 28.9 Å². The fraction of sp³-hybridized carbons (Fsp3) is 0.0667. The minimum absolute atomic E-state index is 0.114. The van der Waals surface area contributed by atoms with Crippen LogP contribution in [0.5, 0.6) is 11.6 Å². The Bertz CT molecular complexity index is 1730. The molecule has 0 aliphatic rings. The first-order valence-electron chi connectivity index (χ1n) is 11.8. The highest BCUT2D eigenvalue weighted by Crippen LogP contribution is 2.36. The molecule has 0 saturated carbocycles. The molecule has 0 aliphatic heterocycles. The van der Waals surface area contributed by atoms with Crippen LogP contribution in [-0.4, -0.2) is 23.0 Å². The fourth-order valence-electron chi connectivity index (χ4n) is 4.23. The van der Waals surface area contributed by atoms with E-state index in [9.17, 15) is 23.1 Å². The van der Waals surface area contributed by atoms with Crippen molar-refractivity contribution in [2.24, 2.45) is 4.99 Å². The lowest BCUT2D eigenvalue weighted by Crippen LogP contribution is -2.23. The van der Waals surface area contributed by atoms with Crippen LogP contribution in [-0.2, 0) is 6.18 Å². The number of ether oxygens (including phenoxy) is 1. The Morgan fingerprint density at radius 2 is 1.44 bits per heavy atom. The minimum Gasteiger partial charge on any atom is -0.497 e. The Morgan fingerprint density at radius 1 is 0.846 bits per heavy atom. The first-order valence-corrected chi connectivity index (χ1v) is 11.8. The topological polar surface area (TPSA) is 75.8 Å². The SMILES string of the molecule is COc1ccc(Nc2ccc(N=Cc3c(O)n(-c4ccccc4C(F)(F)F)c(=O)c4ccccc34)cc2)cc1. The normalized spacial score (nSPS) is 11.7. The summed E-state index contributed by atoms with van der Waals surface area (Å²) in [6.45, 7) is 0. The predicted octanol–water partition coefficient (Wildman–Crippen LogP) is 7.22. The van der Waals surface area contributed by atoms with Crippen LogP contribution < -0.4 is 15.6 Å². The molecule has 5 rings (SSSR count). The van der Waals surface area contributed by atoms with Crippen LogP contribution in [0.4, 0.5) is 30.2 Å². The molecule has 9 heteroatoms. The van der Waals surface area contributed by atoms with Gasteiger partial charge >= 0.3 is 6.18 Å². The molecule has 6 nitrogen and oxygen atoms in total. The van der Waals surface area contributed by atoms with Gasteiger partial charge in [-0.15, -0.1) is 0 Å². The lowest BCUT2D eigenvalue weighted by atomic mass is 10.1. The van der Waals surface area contributed by atoms with Gasteiger partial charge in [0.1, 0.15) is 5.75 Å². The third kappa shape index (κ3) is 5.19. The first-order chi connectivity index (χ1) is 18.8. The minimum atomic E-state index is -4.73. The maximum Gasteiger partial charge on any atom is 0.418 e. The van der Waals surface area contributed by atoms with E-state index in [0.29, 0.717) is 15.6 Å². The largest absolute Gasteiger partial charge is 0.497 e. The van der Waals surface area contributed by atoms with E-state index in [1.165, 1.54) is 24.4 Å². The van der Waals surface area contributed by atoms with Gasteiger partial charge in [-0.05, 0) is 66.7 Å². The third-order valence-corrected chi connectivity index (χ3v) is 6.14. The molecule has 0 radical (unpaired) electrons. The van der Waals surface area contributed by atoms with Gasteiger partial charge in [0.05, 0.1) is 29.6 Å². The molecule has 4 aromatic carbocycles. The number of fused-ring (bicyclic) bond motifs is 1. The second kappa shape index (κ2) is 10.4. The van der Waals surface area contributed by atoms with Crippen molar-refractivity contribution < 1.29 is 23.0 Å². The number of hydrogen-bond donors (Lipinski definition) is 2. The highest BCUT2D eigenvalue weighted by Gasteiger charge is 2.34. The maximum absolute atomic E-state index is 13.8. The summed E-state index contributed by atoms with van der Waals surface area (Å²) in [7, 11) is 1.60. The van der Waals surface area contributed by atoms with E-state index in [1.54, 1.807) is 37.4 Å². The molecule has 1 aromatic heterocycles. The summed E-state index contributed by atoms with van der Waals surface area (Å²) in [5.74, 6) is 0.103. The monoisotopic (exact) mass is 529 g/mol. The van der Waals surface area contributed by atoms with Crippen LogP contribution in [0.3, 0.4) is 0 Å². The van der Waals surface area contributed by atoms with Gasteiger partial charge in [-0.25, -0.2) is 4.57 Å². The molecule has 0 spiro atoms. The van der Waals surface area contributed by atoms with Crippen LogP contribution >= 0.6 is 0 Å². The van der Waals surface area contributed by atoms with Crippen molar-refractivity contribution in [1.82, 2.24) is 4.57 Å². The van der Waals surface area contributed by atoms with Crippen LogP contribution in [0.15, 0.2) is 107 Å². The Kier molecular flexibility index (Phi) is 6.81. The highest BCUT2D eigenvalue weighted by atomic mass is 19.4. The molecule has 1 heterocycles. The van der Waals surface area contributed by atoms with E-state index >= 15 is 0 Å². The van der Waals surface area contributed by atoms with Crippen LogP contribution in [0.2, 0.25) is 0 Å². The summed E-state index contributed by atoms with van der Waals surface area (Å²) >= 11 is 0. The van der Waals surface area contributed by atoms with Gasteiger partial charge in [0.25, 0.3) is 5.56 Å². The van der Waals surface area contributed by atoms with Gasteiger partial charge in [0.2, 0.25) is 5.88 Å². The predicted molar refractivity (Wildman–Crippen MR) is 146 cm³/mol. The summed E-state index contributed by atoms with van der Waals surface area (Å²) < 4.78 is 47.1. The van der Waals surface area contributed by atoms with E-state index in [1.807, 2.05) is 36.4 Å². The molecule has 0 fully saturated rings. The Balaban J connectivity index is 1.53. The number of anilines is 2. The second-order valence-electron chi connectivity index (χ2n) is 8.60. The van der Waals surface area contributed by atoms with Crippen molar-refractivity contribution >= 4 is 34.0 Å². The average molecular weight is 530 g/mol. The molecule has 2 N–H and O–H groups in total. The molecule has 39 heavy (non-hydrogen) atoms. The lowest BCUT2D eigenvalue weighted by molar-refractivity contribution is -0.137. The van der Waals surface area contributed by atoms with Gasteiger partial charge in [0, 0.05) is 28.4 Å². The smallest absolute Gasteiger partial charge is 0.418 e. The van der Waals surface area contributed by atoms with Crippen LogP contribution in [0, 0.1) is 0 Å². The number of alkyl halides is 3. The Morgan fingerprint density at radius 3 is 2.08 bits per heavy atom. The molecule has 0 amide bonds. The van der Waals surface area contributed by atoms with E-state index in [2.05, 4.69) is 10.3 Å². The summed E-state index contributed by atoms with van der Waals surface area (Å²) in [4.78, 5) is 17.7. The zero-order chi connectivity index (χ0) is 27.6. The second-order valence-corrected chi connectivity index (χ2v) is 8.60. The molecular formula is C30H22F3N3O3. The van der Waals surface area contributed by atoms with Crippen molar-refractivity contribution in [3.8, 4) is 17.3 Å². The average Bonchev–Trinajstić information content (AvgIpc) is 2.94. The number of benzene rings is 4. The highest BCUT2D eigenvalue weighted by molar-refractivity contribution is 6.02. The summed E-state index contributed by atoms with van der Waals surface area (Å²) in [5.41, 5.74) is 0.0395. The van der Waals surface area contributed by atoms with E-state index in [-0.39, 0.29) is 10.9 Å². The third-order valence-electron chi connectivity index (χ3n) is 6.14. The molecule has 0 bridgehead atoms. The zero-order valence-corrected chi connectivity index (χ0v) is 20.6. The van der Waals surface area contributed by atoms with Gasteiger partial charge in [-0.2, -0.15) is 13.2 Å². The maximum atomic E-state index is 13.8. The number of nitrogens with one attached hydrogen (secondary N) is 1. The molecule has 0 unspecified atom stereocenters. The van der Waals surface area contributed by atoms with Crippen molar-refractivity contribution in [1.29, 1.82) is 0 Å². The summed E-state index contributed by atoms with van der Waals surface area (Å²) in [6, 6.07) is 25.6. The number of hydrogen-bond acceptors (Lipinski definition) is 5. The van der Waals surface area contributed by atoms with E-state index in [4.69, 9.17) is 4.74 Å². The van der Waals surface area contributed by atoms with Crippen LogP contribution in [0.25, 0.3) is 16.5 Å². The number of aromatic hydroxyl groups is 1. The number of rotatable bonds is 6.